The number of hydrogen-bond acceptors (Lipinski definition) is 5. The lowest BCUT2D eigenvalue weighted by Gasteiger charge is -2.22. The average molecular weight is 624 g/mol. The molecular weight excluding hydrogens is 587 g/mol. The molecule has 43 heavy (non-hydrogen) atoms. The number of aromatic amines is 1. The molecular formula is C31H37ClF3N3O5. The molecule has 1 aromatic heterocycles. The van der Waals surface area contributed by atoms with E-state index in [1.165, 1.54) is 19.3 Å². The number of aryl methyl sites for hydroxylation is 2. The summed E-state index contributed by atoms with van der Waals surface area (Å²) in [5.74, 6) is -2.62. The summed E-state index contributed by atoms with van der Waals surface area (Å²) in [5.41, 5.74) is 4.18. The van der Waals surface area contributed by atoms with Gasteiger partial charge in [0, 0.05) is 24.9 Å². The Hall–Kier alpha value is -3.57. The molecule has 2 heterocycles. The normalized spacial score (nSPS) is 15.0. The third-order valence-electron chi connectivity index (χ3n) is 7.34. The van der Waals surface area contributed by atoms with Crippen molar-refractivity contribution >= 4 is 34.4 Å². The minimum absolute atomic E-state index is 0.131. The van der Waals surface area contributed by atoms with E-state index in [0.717, 1.165) is 29.7 Å². The number of piperidine rings is 1. The van der Waals surface area contributed by atoms with Gasteiger partial charge in [-0.15, -0.1) is 0 Å². The second kappa shape index (κ2) is 14.7. The zero-order valence-electron chi connectivity index (χ0n) is 24.7. The van der Waals surface area contributed by atoms with Crippen molar-refractivity contribution in [2.75, 3.05) is 26.2 Å². The number of carbonyl (C=O) groups is 2. The summed E-state index contributed by atoms with van der Waals surface area (Å²) in [4.78, 5) is 40.2. The Bertz CT molecular complexity index is 1490. The molecule has 0 radical (unpaired) electrons. The molecule has 3 N–H and O–H groups in total. The second-order valence-electron chi connectivity index (χ2n) is 10.6. The Morgan fingerprint density at radius 1 is 1.09 bits per heavy atom. The van der Waals surface area contributed by atoms with E-state index in [9.17, 15) is 22.8 Å². The highest BCUT2D eigenvalue weighted by molar-refractivity contribution is 6.34. The van der Waals surface area contributed by atoms with E-state index in [0.29, 0.717) is 58.5 Å². The lowest BCUT2D eigenvalue weighted by Crippen LogP contribution is -2.91. The highest BCUT2D eigenvalue weighted by atomic mass is 35.5. The first kappa shape index (κ1) is 33.9. The molecule has 0 bridgehead atoms. The van der Waals surface area contributed by atoms with Gasteiger partial charge in [0.15, 0.2) is 0 Å². The number of nitrogens with two attached hydrogens (primary N) is 1. The lowest BCUT2D eigenvalue weighted by atomic mass is 9.98. The Balaban J connectivity index is 0.000000646. The third-order valence-corrected chi connectivity index (χ3v) is 7.65. The van der Waals surface area contributed by atoms with Gasteiger partial charge in [0.2, 0.25) is 0 Å². The van der Waals surface area contributed by atoms with Crippen LogP contribution in [-0.4, -0.2) is 60.2 Å². The largest absolute Gasteiger partial charge is 0.542 e. The predicted octanol–water partition coefficient (Wildman–Crippen LogP) is 4.13. The highest BCUT2D eigenvalue weighted by Gasteiger charge is 2.29. The van der Waals surface area contributed by atoms with Crippen molar-refractivity contribution in [2.24, 2.45) is 0 Å². The van der Waals surface area contributed by atoms with Gasteiger partial charge in [-0.2, -0.15) is 13.2 Å². The summed E-state index contributed by atoms with van der Waals surface area (Å²) in [7, 11) is 0. The number of aliphatic carboxylic acids is 1. The van der Waals surface area contributed by atoms with Gasteiger partial charge in [-0.1, -0.05) is 40.9 Å². The van der Waals surface area contributed by atoms with Crippen molar-refractivity contribution in [3.63, 3.8) is 0 Å². The van der Waals surface area contributed by atoms with Gasteiger partial charge in [-0.05, 0) is 64.7 Å². The summed E-state index contributed by atoms with van der Waals surface area (Å²) in [6, 6.07) is 10.1. The van der Waals surface area contributed by atoms with Crippen LogP contribution in [0, 0.1) is 13.8 Å². The number of ether oxygens (including phenoxy) is 1. The van der Waals surface area contributed by atoms with Crippen LogP contribution in [0.1, 0.15) is 61.0 Å². The number of carboxylic acid groups (broad SMARTS) is 1. The fraction of sp³-hybridized carbons (Fsp3) is 0.452. The maximum absolute atomic E-state index is 13.4. The highest BCUT2D eigenvalue weighted by Crippen LogP contribution is 2.37. The van der Waals surface area contributed by atoms with Gasteiger partial charge in [-0.3, -0.25) is 9.59 Å². The topological polar surface area (TPSA) is 119 Å². The number of carbonyl (C=O) groups excluding carboxylic acids is 2. The molecule has 0 aliphatic carbocycles. The molecule has 1 atom stereocenters. The van der Waals surface area contributed by atoms with Crippen LogP contribution in [-0.2, 0) is 4.79 Å². The second-order valence-corrected chi connectivity index (χ2v) is 11.0. The number of benzene rings is 2. The molecule has 0 spiro atoms. The number of nitrogens with zero attached hydrogens (tertiary/aromatic N) is 1. The number of H-pyrrole nitrogens is 1. The Kier molecular flexibility index (Phi) is 11.6. The molecule has 4 rings (SSSR count). The van der Waals surface area contributed by atoms with Crippen molar-refractivity contribution < 1.29 is 37.9 Å². The van der Waals surface area contributed by atoms with E-state index in [4.69, 9.17) is 26.2 Å². The maximum atomic E-state index is 13.4. The number of amides is 1. The molecule has 0 saturated carbocycles. The predicted molar refractivity (Wildman–Crippen MR) is 157 cm³/mol. The first-order valence-corrected chi connectivity index (χ1v) is 14.7. The van der Waals surface area contributed by atoms with Crippen molar-refractivity contribution in [1.29, 1.82) is 0 Å². The minimum Gasteiger partial charge on any atom is -0.542 e. The van der Waals surface area contributed by atoms with Gasteiger partial charge in [0.1, 0.15) is 11.7 Å². The van der Waals surface area contributed by atoms with Crippen LogP contribution in [0.3, 0.4) is 0 Å². The van der Waals surface area contributed by atoms with E-state index in [1.807, 2.05) is 39.8 Å². The molecule has 2 aromatic carbocycles. The quantitative estimate of drug-likeness (QED) is 0.391. The van der Waals surface area contributed by atoms with Gasteiger partial charge in [0.05, 0.1) is 40.9 Å². The molecule has 1 saturated heterocycles. The Morgan fingerprint density at radius 2 is 1.72 bits per heavy atom. The van der Waals surface area contributed by atoms with Gasteiger partial charge in [0.25, 0.3) is 11.5 Å². The van der Waals surface area contributed by atoms with Crippen molar-refractivity contribution in [3.05, 3.63) is 62.4 Å². The van der Waals surface area contributed by atoms with Gasteiger partial charge >= 0.3 is 6.18 Å². The molecule has 3 aromatic rings. The van der Waals surface area contributed by atoms with Crippen LogP contribution in [0.5, 0.6) is 5.75 Å². The number of alkyl halides is 3. The minimum atomic E-state index is -5.19. The zero-order valence-corrected chi connectivity index (χ0v) is 25.5. The van der Waals surface area contributed by atoms with E-state index in [1.54, 1.807) is 17.0 Å². The van der Waals surface area contributed by atoms with Crippen LogP contribution >= 0.6 is 11.6 Å². The van der Waals surface area contributed by atoms with Crippen molar-refractivity contribution in [1.82, 2.24) is 9.88 Å². The van der Waals surface area contributed by atoms with Crippen LogP contribution in [0.25, 0.3) is 22.0 Å². The number of aromatic nitrogens is 1. The molecule has 1 fully saturated rings. The fourth-order valence-corrected chi connectivity index (χ4v) is 5.50. The van der Waals surface area contributed by atoms with E-state index in [2.05, 4.69) is 16.4 Å². The van der Waals surface area contributed by atoms with E-state index < -0.39 is 12.1 Å². The monoisotopic (exact) mass is 623 g/mol. The summed E-state index contributed by atoms with van der Waals surface area (Å²) >= 11 is 6.55. The van der Waals surface area contributed by atoms with E-state index in [-0.39, 0.29) is 11.5 Å². The number of quaternary nitrogens is 1. The lowest BCUT2D eigenvalue weighted by molar-refractivity contribution is -0.698. The molecule has 8 nitrogen and oxygen atoms in total. The molecule has 1 aliphatic heterocycles. The Labute approximate surface area is 253 Å². The van der Waals surface area contributed by atoms with Crippen LogP contribution in [0.4, 0.5) is 13.2 Å². The number of carboxylic acids is 1. The zero-order chi connectivity index (χ0) is 31.9. The average Bonchev–Trinajstić information content (AvgIpc) is 2.93. The number of nitrogens with one attached hydrogen (secondary N) is 1. The van der Waals surface area contributed by atoms with Crippen molar-refractivity contribution in [3.8, 4) is 16.9 Å². The SMILES string of the molecule is CCN(CC)C(=O)c1cc2c(OCCC3CCCC[NH2+]3)c(-c3cc(C)cc(C)c3)c(=O)[nH]c2cc1Cl.O=C([O-])C(F)(F)F. The van der Waals surface area contributed by atoms with E-state index >= 15 is 0 Å². The molecule has 1 amide bonds. The van der Waals surface area contributed by atoms with Crippen LogP contribution < -0.4 is 20.7 Å². The molecule has 1 unspecified atom stereocenters. The van der Waals surface area contributed by atoms with Gasteiger partial charge < -0.3 is 29.8 Å². The molecule has 234 valence electrons. The number of fused-ring (bicyclic) bond motifs is 1. The fourth-order valence-electron chi connectivity index (χ4n) is 5.26. The molecule has 12 heteroatoms. The maximum Gasteiger partial charge on any atom is 0.430 e. The Morgan fingerprint density at radius 3 is 2.26 bits per heavy atom. The van der Waals surface area contributed by atoms with Gasteiger partial charge in [-0.25, -0.2) is 0 Å². The number of halogens is 4. The number of hydrogen-bond donors (Lipinski definition) is 2. The first-order valence-electron chi connectivity index (χ1n) is 14.3. The van der Waals surface area contributed by atoms with Crippen LogP contribution in [0.15, 0.2) is 35.1 Å². The summed E-state index contributed by atoms with van der Waals surface area (Å²) in [6.45, 7) is 10.8. The van der Waals surface area contributed by atoms with Crippen LogP contribution in [0.2, 0.25) is 5.02 Å². The number of pyridine rings is 1. The molecule has 1 aliphatic rings. The summed E-state index contributed by atoms with van der Waals surface area (Å²) < 4.78 is 38.0. The summed E-state index contributed by atoms with van der Waals surface area (Å²) in [5, 5.41) is 12.2. The standard InChI is InChI=1S/C29H36ClN3O3.C2HF3O2/c1-5-33(6-2)29(35)22-16-23-25(17-24(22)30)32-28(34)26(20-14-18(3)13-19(4)15-20)27(23)36-12-10-21-9-7-8-11-31-21;3-2(4,5)1(6)7/h13-17,21,31H,5-12H2,1-4H3,(H,32,34);(H,6,7). The number of rotatable bonds is 8. The summed E-state index contributed by atoms with van der Waals surface area (Å²) in [6.07, 6.45) is -0.601. The first-order chi connectivity index (χ1) is 20.3. The third kappa shape index (κ3) is 8.73. The van der Waals surface area contributed by atoms with Crippen molar-refractivity contribution in [2.45, 2.75) is 65.6 Å². The smallest absolute Gasteiger partial charge is 0.430 e.